The Morgan fingerprint density at radius 1 is 1.04 bits per heavy atom. The molecule has 6 heteroatoms. The van der Waals surface area contributed by atoms with Gasteiger partial charge < -0.3 is 5.32 Å². The second kappa shape index (κ2) is 6.68. The van der Waals surface area contributed by atoms with Crippen molar-refractivity contribution in [1.82, 2.24) is 9.78 Å². The smallest absolute Gasteiger partial charge is 0.256 e. The highest BCUT2D eigenvalue weighted by Gasteiger charge is 2.23. The van der Waals surface area contributed by atoms with E-state index in [0.29, 0.717) is 11.3 Å². The molecule has 0 saturated carbocycles. The van der Waals surface area contributed by atoms with Gasteiger partial charge in [0.25, 0.3) is 5.91 Å². The Morgan fingerprint density at radius 3 is 2.40 bits per heavy atom. The lowest BCUT2D eigenvalue weighted by Crippen LogP contribution is -2.17. The number of hydrogen-bond acceptors (Lipinski definition) is 3. The van der Waals surface area contributed by atoms with Gasteiger partial charge in [0.1, 0.15) is 11.6 Å². The predicted molar refractivity (Wildman–Crippen MR) is 92.2 cm³/mol. The van der Waals surface area contributed by atoms with E-state index >= 15 is 0 Å². The Bertz CT molecular complexity index is 949. The van der Waals surface area contributed by atoms with E-state index in [4.69, 9.17) is 0 Å². The molecule has 0 bridgehead atoms. The highest BCUT2D eigenvalue weighted by molar-refractivity contribution is 6.15. The molecule has 0 atom stereocenters. The molecule has 0 fully saturated rings. The maximum absolute atomic E-state index is 13.4. The summed E-state index contributed by atoms with van der Waals surface area (Å²) in [7, 11) is 1.63. The molecule has 0 unspecified atom stereocenters. The maximum atomic E-state index is 13.4. The van der Waals surface area contributed by atoms with E-state index in [1.165, 1.54) is 22.9 Å². The third-order valence-electron chi connectivity index (χ3n) is 3.80. The fourth-order valence-corrected chi connectivity index (χ4v) is 2.62. The van der Waals surface area contributed by atoms with Gasteiger partial charge in [-0.15, -0.1) is 0 Å². The number of nitrogens with zero attached hydrogens (tertiary/aromatic N) is 2. The summed E-state index contributed by atoms with van der Waals surface area (Å²) in [5, 5.41) is 6.94. The molecule has 5 nitrogen and oxygen atoms in total. The first kappa shape index (κ1) is 16.6. The third-order valence-corrected chi connectivity index (χ3v) is 3.80. The van der Waals surface area contributed by atoms with E-state index in [-0.39, 0.29) is 22.9 Å². The third kappa shape index (κ3) is 3.33. The zero-order chi connectivity index (χ0) is 18.0. The number of nitrogens with one attached hydrogen (secondary N) is 1. The Kier molecular flexibility index (Phi) is 4.43. The van der Waals surface area contributed by atoms with Crippen molar-refractivity contribution in [3.63, 3.8) is 0 Å². The molecular formula is C19H16FN3O2. The van der Waals surface area contributed by atoms with E-state index < -0.39 is 11.6 Å². The van der Waals surface area contributed by atoms with Crippen molar-refractivity contribution in [3.05, 3.63) is 82.8 Å². The van der Waals surface area contributed by atoms with Crippen molar-refractivity contribution in [3.8, 4) is 0 Å². The van der Waals surface area contributed by atoms with E-state index in [1.54, 1.807) is 38.2 Å². The van der Waals surface area contributed by atoms with Gasteiger partial charge in [0, 0.05) is 18.2 Å². The molecule has 0 radical (unpaired) electrons. The van der Waals surface area contributed by atoms with Crippen LogP contribution in [0.2, 0.25) is 0 Å². The number of ketones is 1. The van der Waals surface area contributed by atoms with Crippen LogP contribution in [0.15, 0.2) is 54.6 Å². The van der Waals surface area contributed by atoms with E-state index in [9.17, 15) is 14.0 Å². The Balaban J connectivity index is 1.99. The SMILES string of the molecule is Cc1nn(C)c(NC(=O)c2ccccc2)c1C(=O)c1cccc(F)c1. The van der Waals surface area contributed by atoms with Crippen LogP contribution in [0.5, 0.6) is 0 Å². The van der Waals surface area contributed by atoms with Gasteiger partial charge in [-0.25, -0.2) is 4.39 Å². The zero-order valence-electron chi connectivity index (χ0n) is 13.8. The number of rotatable bonds is 4. The number of halogens is 1. The second-order valence-corrected chi connectivity index (χ2v) is 5.59. The number of aromatic nitrogens is 2. The fourth-order valence-electron chi connectivity index (χ4n) is 2.62. The van der Waals surface area contributed by atoms with Crippen LogP contribution in [0.3, 0.4) is 0 Å². The summed E-state index contributed by atoms with van der Waals surface area (Å²) in [4.78, 5) is 25.2. The summed E-state index contributed by atoms with van der Waals surface area (Å²) < 4.78 is 14.9. The van der Waals surface area contributed by atoms with Crippen molar-refractivity contribution in [2.75, 3.05) is 5.32 Å². The van der Waals surface area contributed by atoms with Crippen LogP contribution in [0.4, 0.5) is 10.2 Å². The first-order valence-corrected chi connectivity index (χ1v) is 7.67. The van der Waals surface area contributed by atoms with Crippen LogP contribution in [0, 0.1) is 12.7 Å². The molecule has 1 aromatic heterocycles. The predicted octanol–water partition coefficient (Wildman–Crippen LogP) is 3.35. The number of benzene rings is 2. The van der Waals surface area contributed by atoms with Gasteiger partial charge in [-0.2, -0.15) is 5.10 Å². The quantitative estimate of drug-likeness (QED) is 0.743. The van der Waals surface area contributed by atoms with Crippen molar-refractivity contribution >= 4 is 17.5 Å². The molecule has 1 heterocycles. The van der Waals surface area contributed by atoms with Crippen molar-refractivity contribution in [2.24, 2.45) is 7.05 Å². The van der Waals surface area contributed by atoms with Gasteiger partial charge in [-0.3, -0.25) is 14.3 Å². The average molecular weight is 337 g/mol. The molecule has 2 aromatic carbocycles. The molecule has 3 aromatic rings. The second-order valence-electron chi connectivity index (χ2n) is 5.59. The van der Waals surface area contributed by atoms with Crippen molar-refractivity contribution < 1.29 is 14.0 Å². The standard InChI is InChI=1S/C19H16FN3O2/c1-12-16(17(24)14-9-6-10-15(20)11-14)18(23(2)22-12)21-19(25)13-7-4-3-5-8-13/h3-11H,1-2H3,(H,21,25). The van der Waals surface area contributed by atoms with Gasteiger partial charge in [-0.1, -0.05) is 30.3 Å². The number of amides is 1. The lowest BCUT2D eigenvalue weighted by Gasteiger charge is -2.09. The lowest BCUT2D eigenvalue weighted by atomic mass is 10.0. The minimum Gasteiger partial charge on any atom is -0.306 e. The minimum atomic E-state index is -0.498. The lowest BCUT2D eigenvalue weighted by molar-refractivity contribution is 0.102. The Labute approximate surface area is 144 Å². The van der Waals surface area contributed by atoms with E-state index in [1.807, 2.05) is 6.07 Å². The Morgan fingerprint density at radius 2 is 1.72 bits per heavy atom. The van der Waals surface area contributed by atoms with Gasteiger partial charge >= 0.3 is 0 Å². The maximum Gasteiger partial charge on any atom is 0.256 e. The summed E-state index contributed by atoms with van der Waals surface area (Å²) in [5.41, 5.74) is 1.37. The normalized spacial score (nSPS) is 10.5. The molecule has 0 aliphatic heterocycles. The van der Waals surface area contributed by atoms with Gasteiger partial charge in [0.2, 0.25) is 0 Å². The van der Waals surface area contributed by atoms with Crippen molar-refractivity contribution in [2.45, 2.75) is 6.92 Å². The summed E-state index contributed by atoms with van der Waals surface area (Å²) >= 11 is 0. The molecule has 0 saturated heterocycles. The Hall–Kier alpha value is -3.28. The number of hydrogen-bond donors (Lipinski definition) is 1. The first-order chi connectivity index (χ1) is 12.0. The highest BCUT2D eigenvalue weighted by atomic mass is 19.1. The van der Waals surface area contributed by atoms with Gasteiger partial charge in [0.15, 0.2) is 5.78 Å². The molecule has 0 spiro atoms. The molecular weight excluding hydrogens is 321 g/mol. The first-order valence-electron chi connectivity index (χ1n) is 7.67. The summed E-state index contributed by atoms with van der Waals surface area (Å²) in [6.07, 6.45) is 0. The number of anilines is 1. The molecule has 0 aliphatic rings. The largest absolute Gasteiger partial charge is 0.306 e. The minimum absolute atomic E-state index is 0.200. The summed E-state index contributed by atoms with van der Waals surface area (Å²) in [5.74, 6) is -0.965. The van der Waals surface area contributed by atoms with Crippen LogP contribution in [0.1, 0.15) is 32.0 Å². The summed E-state index contributed by atoms with van der Waals surface area (Å²) in [6, 6.07) is 14.1. The monoisotopic (exact) mass is 337 g/mol. The van der Waals surface area contributed by atoms with E-state index in [2.05, 4.69) is 10.4 Å². The van der Waals surface area contributed by atoms with Crippen LogP contribution in [0.25, 0.3) is 0 Å². The topological polar surface area (TPSA) is 64.0 Å². The fraction of sp³-hybridized carbons (Fsp3) is 0.105. The highest BCUT2D eigenvalue weighted by Crippen LogP contribution is 2.23. The van der Waals surface area contributed by atoms with Crippen LogP contribution >= 0.6 is 0 Å². The molecule has 126 valence electrons. The van der Waals surface area contributed by atoms with Crippen molar-refractivity contribution in [1.29, 1.82) is 0 Å². The molecule has 0 aliphatic carbocycles. The zero-order valence-corrected chi connectivity index (χ0v) is 13.8. The number of carbonyl (C=O) groups is 2. The van der Waals surface area contributed by atoms with E-state index in [0.717, 1.165) is 6.07 Å². The molecule has 1 amide bonds. The van der Waals surface area contributed by atoms with Crippen LogP contribution in [-0.2, 0) is 7.05 Å². The average Bonchev–Trinajstić information content (AvgIpc) is 2.88. The van der Waals surface area contributed by atoms with Crippen LogP contribution in [-0.4, -0.2) is 21.5 Å². The molecule has 25 heavy (non-hydrogen) atoms. The molecule has 3 rings (SSSR count). The molecule has 1 N–H and O–H groups in total. The van der Waals surface area contributed by atoms with Crippen LogP contribution < -0.4 is 5.32 Å². The van der Waals surface area contributed by atoms with Gasteiger partial charge in [0.05, 0.1) is 11.3 Å². The summed E-state index contributed by atoms with van der Waals surface area (Å²) in [6.45, 7) is 1.67. The number of aryl methyl sites for hydroxylation is 2. The van der Waals surface area contributed by atoms with Gasteiger partial charge in [-0.05, 0) is 31.2 Å². The number of carbonyl (C=O) groups excluding carboxylic acids is 2.